The summed E-state index contributed by atoms with van der Waals surface area (Å²) in [6.45, 7) is 7.00. The molecule has 2 nitrogen and oxygen atoms in total. The van der Waals surface area contributed by atoms with Crippen molar-refractivity contribution in [3.8, 4) is 0 Å². The molecule has 90 valence electrons. The zero-order chi connectivity index (χ0) is 11.5. The van der Waals surface area contributed by atoms with Gasteiger partial charge in [-0.2, -0.15) is 0 Å². The van der Waals surface area contributed by atoms with E-state index >= 15 is 0 Å². The molecule has 0 aliphatic heterocycles. The fraction of sp³-hybridized carbons (Fsp3) is 1.00. The van der Waals surface area contributed by atoms with E-state index in [1.807, 2.05) is 0 Å². The lowest BCUT2D eigenvalue weighted by atomic mass is 9.58. The topological polar surface area (TPSA) is 46.2 Å². The molecule has 0 saturated heterocycles. The summed E-state index contributed by atoms with van der Waals surface area (Å²) in [5.74, 6) is 1.38. The van der Waals surface area contributed by atoms with Crippen molar-refractivity contribution in [1.29, 1.82) is 0 Å². The van der Waals surface area contributed by atoms with Gasteiger partial charge < -0.3 is 10.8 Å². The van der Waals surface area contributed by atoms with Gasteiger partial charge in [-0.15, -0.1) is 0 Å². The van der Waals surface area contributed by atoms with E-state index in [0.717, 1.165) is 6.42 Å². The quantitative estimate of drug-likeness (QED) is 0.754. The summed E-state index contributed by atoms with van der Waals surface area (Å²) in [7, 11) is 0. The molecule has 0 aromatic rings. The van der Waals surface area contributed by atoms with Gasteiger partial charge in [-0.25, -0.2) is 0 Å². The predicted molar refractivity (Wildman–Crippen MR) is 64.6 cm³/mol. The minimum atomic E-state index is 0.196. The molecule has 0 heterocycles. The Labute approximate surface area is 94.2 Å². The summed E-state index contributed by atoms with van der Waals surface area (Å²) in [5.41, 5.74) is 6.40. The highest BCUT2D eigenvalue weighted by Crippen LogP contribution is 2.49. The molecular weight excluding hydrogens is 186 g/mol. The Morgan fingerprint density at radius 2 is 2.00 bits per heavy atom. The second-order valence-corrected chi connectivity index (χ2v) is 5.59. The van der Waals surface area contributed by atoms with Crippen molar-refractivity contribution in [2.75, 3.05) is 6.61 Å². The van der Waals surface area contributed by atoms with E-state index in [4.69, 9.17) is 5.73 Å². The minimum Gasteiger partial charge on any atom is -0.396 e. The van der Waals surface area contributed by atoms with Gasteiger partial charge in [0.15, 0.2) is 0 Å². The van der Waals surface area contributed by atoms with Crippen LogP contribution >= 0.6 is 0 Å². The van der Waals surface area contributed by atoms with Crippen LogP contribution in [0.3, 0.4) is 0 Å². The Kier molecular flexibility index (Phi) is 4.60. The van der Waals surface area contributed by atoms with Crippen molar-refractivity contribution in [2.45, 2.75) is 58.9 Å². The molecule has 2 heteroatoms. The van der Waals surface area contributed by atoms with Crippen molar-refractivity contribution in [2.24, 2.45) is 23.0 Å². The van der Waals surface area contributed by atoms with Crippen LogP contribution in [0.4, 0.5) is 0 Å². The molecule has 0 amide bonds. The number of rotatable bonds is 4. The lowest BCUT2D eigenvalue weighted by Crippen LogP contribution is -2.49. The summed E-state index contributed by atoms with van der Waals surface area (Å²) in [6.07, 6.45) is 5.99. The van der Waals surface area contributed by atoms with Gasteiger partial charge in [0.25, 0.3) is 0 Å². The second kappa shape index (κ2) is 5.31. The number of hydrogen-bond donors (Lipinski definition) is 2. The van der Waals surface area contributed by atoms with Crippen LogP contribution in [0.5, 0.6) is 0 Å². The van der Waals surface area contributed by atoms with Gasteiger partial charge in [0.2, 0.25) is 0 Å². The minimum absolute atomic E-state index is 0.196. The SMILES string of the molecule is CC(C)C1CCCCC1(CCO)C(C)N. The lowest BCUT2D eigenvalue weighted by Gasteiger charge is -2.49. The molecule has 0 bridgehead atoms. The third-order valence-corrected chi connectivity index (χ3v) is 4.43. The van der Waals surface area contributed by atoms with Gasteiger partial charge in [0.1, 0.15) is 0 Å². The van der Waals surface area contributed by atoms with Crippen molar-refractivity contribution in [3.63, 3.8) is 0 Å². The number of nitrogens with two attached hydrogens (primary N) is 1. The Bertz CT molecular complexity index is 187. The molecule has 0 aromatic carbocycles. The Morgan fingerprint density at radius 1 is 1.33 bits per heavy atom. The highest BCUT2D eigenvalue weighted by molar-refractivity contribution is 4.96. The summed E-state index contributed by atoms with van der Waals surface area (Å²) in [5, 5.41) is 9.28. The second-order valence-electron chi connectivity index (χ2n) is 5.59. The third kappa shape index (κ3) is 2.54. The van der Waals surface area contributed by atoms with Crippen LogP contribution in [-0.4, -0.2) is 17.8 Å². The molecule has 1 fully saturated rings. The summed E-state index contributed by atoms with van der Waals surface area (Å²) < 4.78 is 0. The van der Waals surface area contributed by atoms with Crippen LogP contribution in [-0.2, 0) is 0 Å². The van der Waals surface area contributed by atoms with Gasteiger partial charge in [-0.1, -0.05) is 26.7 Å². The average Bonchev–Trinajstić information content (AvgIpc) is 2.18. The van der Waals surface area contributed by atoms with Crippen LogP contribution in [0.25, 0.3) is 0 Å². The first-order valence-electron chi connectivity index (χ1n) is 6.41. The first-order valence-corrected chi connectivity index (χ1v) is 6.41. The molecule has 0 spiro atoms. The Hall–Kier alpha value is -0.0800. The van der Waals surface area contributed by atoms with E-state index in [1.54, 1.807) is 0 Å². The summed E-state index contributed by atoms with van der Waals surface area (Å²) in [4.78, 5) is 0. The van der Waals surface area contributed by atoms with Crippen molar-refractivity contribution < 1.29 is 5.11 Å². The number of aliphatic hydroxyl groups excluding tert-OH is 1. The fourth-order valence-electron chi connectivity index (χ4n) is 3.60. The third-order valence-electron chi connectivity index (χ3n) is 4.43. The van der Waals surface area contributed by atoms with E-state index in [0.29, 0.717) is 11.8 Å². The molecule has 3 unspecified atom stereocenters. The first-order chi connectivity index (χ1) is 7.04. The zero-order valence-corrected chi connectivity index (χ0v) is 10.5. The predicted octanol–water partition coefficient (Wildman–Crippen LogP) is 2.55. The van der Waals surface area contributed by atoms with E-state index in [2.05, 4.69) is 20.8 Å². The molecule has 3 N–H and O–H groups in total. The van der Waals surface area contributed by atoms with Gasteiger partial charge in [-0.3, -0.25) is 0 Å². The Morgan fingerprint density at radius 3 is 2.47 bits per heavy atom. The number of hydrogen-bond acceptors (Lipinski definition) is 2. The maximum absolute atomic E-state index is 9.28. The maximum Gasteiger partial charge on any atom is 0.0437 e. The molecule has 1 saturated carbocycles. The lowest BCUT2D eigenvalue weighted by molar-refractivity contribution is 0.0121. The van der Waals surface area contributed by atoms with Crippen molar-refractivity contribution in [1.82, 2.24) is 0 Å². The molecular formula is C13H27NO. The van der Waals surface area contributed by atoms with Gasteiger partial charge in [0.05, 0.1) is 0 Å². The summed E-state index contributed by atoms with van der Waals surface area (Å²) in [6, 6.07) is 0.206. The number of aliphatic hydroxyl groups is 1. The van der Waals surface area contributed by atoms with Crippen LogP contribution in [0.15, 0.2) is 0 Å². The van der Waals surface area contributed by atoms with Gasteiger partial charge >= 0.3 is 0 Å². The van der Waals surface area contributed by atoms with Crippen molar-refractivity contribution in [3.05, 3.63) is 0 Å². The Balaban J connectivity index is 2.88. The van der Waals surface area contributed by atoms with Crippen LogP contribution in [0.1, 0.15) is 52.9 Å². The average molecular weight is 213 g/mol. The smallest absolute Gasteiger partial charge is 0.0437 e. The summed E-state index contributed by atoms with van der Waals surface area (Å²) >= 11 is 0. The molecule has 1 aliphatic rings. The van der Waals surface area contributed by atoms with E-state index < -0.39 is 0 Å². The molecule has 0 radical (unpaired) electrons. The van der Waals surface area contributed by atoms with Crippen molar-refractivity contribution >= 4 is 0 Å². The molecule has 15 heavy (non-hydrogen) atoms. The molecule has 0 aromatic heterocycles. The zero-order valence-electron chi connectivity index (χ0n) is 10.5. The normalized spacial score (nSPS) is 34.4. The van der Waals surface area contributed by atoms with Crippen LogP contribution in [0.2, 0.25) is 0 Å². The fourth-order valence-corrected chi connectivity index (χ4v) is 3.60. The van der Waals surface area contributed by atoms with Crippen LogP contribution < -0.4 is 5.73 Å². The monoisotopic (exact) mass is 213 g/mol. The maximum atomic E-state index is 9.28. The van der Waals surface area contributed by atoms with Gasteiger partial charge in [0, 0.05) is 12.6 Å². The first kappa shape index (κ1) is 13.0. The van der Waals surface area contributed by atoms with Crippen LogP contribution in [0, 0.1) is 17.3 Å². The molecule has 1 rings (SSSR count). The highest BCUT2D eigenvalue weighted by atomic mass is 16.3. The van der Waals surface area contributed by atoms with E-state index in [9.17, 15) is 5.11 Å². The molecule has 1 aliphatic carbocycles. The standard InChI is InChI=1S/C13H27NO/c1-10(2)12-6-4-5-7-13(12,8-9-15)11(3)14/h10-12,15H,4-9,14H2,1-3H3. The van der Waals surface area contributed by atoms with E-state index in [1.165, 1.54) is 25.7 Å². The largest absolute Gasteiger partial charge is 0.396 e. The molecule has 3 atom stereocenters. The highest BCUT2D eigenvalue weighted by Gasteiger charge is 2.43. The van der Waals surface area contributed by atoms with E-state index in [-0.39, 0.29) is 18.1 Å². The van der Waals surface area contributed by atoms with Gasteiger partial charge in [-0.05, 0) is 43.4 Å².